The standard InChI is InChI=1S/C23H23N5O4S/c1-16-7-8-20(27-33(31,32)15-17-5-3-2-4-6-17)23(30)28(16)14-22(29)26-12-19-11-18-9-10-24-21(18)13-25-19/h2-11,13,24,27H,12,14-15H2,1H3,(H,26,29). The first kappa shape index (κ1) is 22.3. The molecule has 0 fully saturated rings. The van der Waals surface area contributed by atoms with E-state index in [4.69, 9.17) is 0 Å². The van der Waals surface area contributed by atoms with Gasteiger partial charge in [-0.1, -0.05) is 30.3 Å². The molecule has 10 heteroatoms. The van der Waals surface area contributed by atoms with Crippen molar-refractivity contribution in [1.29, 1.82) is 0 Å². The van der Waals surface area contributed by atoms with E-state index in [9.17, 15) is 18.0 Å². The third-order valence-corrected chi connectivity index (χ3v) is 6.36. The Kier molecular flexibility index (Phi) is 6.27. The molecule has 4 aromatic rings. The van der Waals surface area contributed by atoms with Crippen molar-refractivity contribution in [3.05, 3.63) is 94.3 Å². The summed E-state index contributed by atoms with van der Waals surface area (Å²) in [5.74, 6) is -0.652. The third kappa shape index (κ3) is 5.47. The Morgan fingerprint density at radius 3 is 2.70 bits per heavy atom. The number of benzene rings is 1. The van der Waals surface area contributed by atoms with Crippen molar-refractivity contribution in [3.8, 4) is 0 Å². The molecular weight excluding hydrogens is 442 g/mol. The van der Waals surface area contributed by atoms with Crippen LogP contribution in [0.4, 0.5) is 5.69 Å². The van der Waals surface area contributed by atoms with Crippen LogP contribution in [-0.4, -0.2) is 28.9 Å². The first-order chi connectivity index (χ1) is 15.8. The zero-order chi connectivity index (χ0) is 23.4. The zero-order valence-electron chi connectivity index (χ0n) is 17.9. The number of sulfonamides is 1. The Labute approximate surface area is 190 Å². The molecule has 1 aromatic carbocycles. The highest BCUT2D eigenvalue weighted by Gasteiger charge is 2.16. The summed E-state index contributed by atoms with van der Waals surface area (Å²) in [5.41, 5.74) is 2.02. The quantitative estimate of drug-likeness (QED) is 0.368. The number of rotatable bonds is 8. The molecule has 0 aliphatic carbocycles. The van der Waals surface area contributed by atoms with Crippen LogP contribution in [-0.2, 0) is 33.7 Å². The highest BCUT2D eigenvalue weighted by Crippen LogP contribution is 2.12. The number of anilines is 1. The Morgan fingerprint density at radius 2 is 1.91 bits per heavy atom. The van der Waals surface area contributed by atoms with Crippen LogP contribution < -0.4 is 15.6 Å². The van der Waals surface area contributed by atoms with Gasteiger partial charge in [-0.2, -0.15) is 0 Å². The van der Waals surface area contributed by atoms with E-state index in [-0.39, 0.29) is 30.4 Å². The molecule has 33 heavy (non-hydrogen) atoms. The number of carbonyl (C=O) groups excluding carboxylic acids is 1. The number of aromatic nitrogens is 3. The largest absolute Gasteiger partial charge is 0.360 e. The molecule has 0 bridgehead atoms. The van der Waals surface area contributed by atoms with Crippen LogP contribution in [0.5, 0.6) is 0 Å². The maximum absolute atomic E-state index is 12.9. The predicted octanol–water partition coefficient (Wildman–Crippen LogP) is 2.29. The topological polar surface area (TPSA) is 126 Å². The van der Waals surface area contributed by atoms with Gasteiger partial charge in [-0.3, -0.25) is 19.3 Å². The number of nitrogens with zero attached hydrogens (tertiary/aromatic N) is 2. The van der Waals surface area contributed by atoms with Gasteiger partial charge in [-0.25, -0.2) is 8.42 Å². The average molecular weight is 466 g/mol. The van der Waals surface area contributed by atoms with Gasteiger partial charge in [-0.05, 0) is 36.8 Å². The van der Waals surface area contributed by atoms with Crippen LogP contribution in [0.15, 0.2) is 71.8 Å². The summed E-state index contributed by atoms with van der Waals surface area (Å²) in [6.45, 7) is 1.64. The van der Waals surface area contributed by atoms with Crippen LogP contribution in [0, 0.1) is 6.92 Å². The number of hydrogen-bond donors (Lipinski definition) is 3. The lowest BCUT2D eigenvalue weighted by molar-refractivity contribution is -0.121. The monoisotopic (exact) mass is 465 g/mol. The molecule has 0 atom stereocenters. The summed E-state index contributed by atoms with van der Waals surface area (Å²) >= 11 is 0. The molecule has 3 heterocycles. The first-order valence-corrected chi connectivity index (χ1v) is 11.9. The van der Waals surface area contributed by atoms with Crippen LogP contribution in [0.25, 0.3) is 10.9 Å². The highest BCUT2D eigenvalue weighted by molar-refractivity contribution is 7.91. The molecule has 0 aliphatic rings. The Balaban J connectivity index is 1.44. The molecule has 170 valence electrons. The summed E-state index contributed by atoms with van der Waals surface area (Å²) in [4.78, 5) is 32.7. The van der Waals surface area contributed by atoms with Gasteiger partial charge in [0.2, 0.25) is 15.9 Å². The van der Waals surface area contributed by atoms with Gasteiger partial charge in [0.15, 0.2) is 0 Å². The SMILES string of the molecule is Cc1ccc(NS(=O)(=O)Cc2ccccc2)c(=O)n1CC(=O)NCc1cc2cc[nH]c2cn1. The lowest BCUT2D eigenvalue weighted by atomic mass is 10.2. The van der Waals surface area contributed by atoms with E-state index in [2.05, 4.69) is 20.0 Å². The second-order valence-corrected chi connectivity index (χ2v) is 9.37. The van der Waals surface area contributed by atoms with Crippen LogP contribution in [0.2, 0.25) is 0 Å². The minimum absolute atomic E-state index is 0.107. The fourth-order valence-corrected chi connectivity index (χ4v) is 4.62. The molecule has 4 rings (SSSR count). The second-order valence-electron chi connectivity index (χ2n) is 7.64. The summed E-state index contributed by atoms with van der Waals surface area (Å²) in [6, 6.07) is 15.5. The number of H-pyrrole nitrogens is 1. The summed E-state index contributed by atoms with van der Waals surface area (Å²) in [5, 5.41) is 3.73. The number of hydrogen-bond acceptors (Lipinski definition) is 5. The number of aryl methyl sites for hydroxylation is 1. The van der Waals surface area contributed by atoms with Gasteiger partial charge in [0, 0.05) is 17.3 Å². The molecule has 3 aromatic heterocycles. The predicted molar refractivity (Wildman–Crippen MR) is 126 cm³/mol. The number of carbonyl (C=O) groups is 1. The van der Waals surface area contributed by atoms with Gasteiger partial charge in [0.05, 0.1) is 29.7 Å². The van der Waals surface area contributed by atoms with Crippen molar-refractivity contribution in [2.75, 3.05) is 4.72 Å². The third-order valence-electron chi connectivity index (χ3n) is 5.12. The van der Waals surface area contributed by atoms with Gasteiger partial charge in [0.25, 0.3) is 5.56 Å². The van der Waals surface area contributed by atoms with E-state index in [1.54, 1.807) is 49.5 Å². The van der Waals surface area contributed by atoms with Crippen LogP contribution in [0.1, 0.15) is 17.0 Å². The average Bonchev–Trinajstić information content (AvgIpc) is 3.25. The summed E-state index contributed by atoms with van der Waals surface area (Å²) in [6.07, 6.45) is 3.50. The van der Waals surface area contributed by atoms with Crippen molar-refractivity contribution in [3.63, 3.8) is 0 Å². The number of pyridine rings is 2. The lowest BCUT2D eigenvalue weighted by Gasteiger charge is -2.13. The lowest BCUT2D eigenvalue weighted by Crippen LogP contribution is -2.34. The molecule has 1 amide bonds. The second kappa shape index (κ2) is 9.29. The van der Waals surface area contributed by atoms with E-state index in [1.807, 2.05) is 18.3 Å². The van der Waals surface area contributed by atoms with E-state index in [0.717, 1.165) is 10.9 Å². The molecule has 0 saturated carbocycles. The van der Waals surface area contributed by atoms with E-state index in [1.165, 1.54) is 10.6 Å². The fraction of sp³-hybridized carbons (Fsp3) is 0.174. The van der Waals surface area contributed by atoms with Crippen molar-refractivity contribution >= 4 is 32.5 Å². The molecule has 3 N–H and O–H groups in total. The highest BCUT2D eigenvalue weighted by atomic mass is 32.2. The Morgan fingerprint density at radius 1 is 1.12 bits per heavy atom. The molecule has 0 radical (unpaired) electrons. The summed E-state index contributed by atoms with van der Waals surface area (Å²) < 4.78 is 28.6. The van der Waals surface area contributed by atoms with Crippen molar-refractivity contribution in [2.24, 2.45) is 0 Å². The van der Waals surface area contributed by atoms with Gasteiger partial charge in [-0.15, -0.1) is 0 Å². The summed E-state index contributed by atoms with van der Waals surface area (Å²) in [7, 11) is -3.80. The molecule has 0 unspecified atom stereocenters. The normalized spacial score (nSPS) is 11.4. The molecule has 0 aliphatic heterocycles. The van der Waals surface area contributed by atoms with Gasteiger partial charge >= 0.3 is 0 Å². The Bertz CT molecular complexity index is 1460. The minimum atomic E-state index is -3.80. The van der Waals surface area contributed by atoms with Crippen LogP contribution >= 0.6 is 0 Å². The van der Waals surface area contributed by atoms with Crippen molar-refractivity contribution in [1.82, 2.24) is 19.9 Å². The number of nitrogens with one attached hydrogen (secondary N) is 3. The van der Waals surface area contributed by atoms with Crippen LogP contribution in [0.3, 0.4) is 0 Å². The number of aromatic amines is 1. The number of amides is 1. The van der Waals surface area contributed by atoms with E-state index >= 15 is 0 Å². The fourth-order valence-electron chi connectivity index (χ4n) is 3.42. The maximum atomic E-state index is 12.9. The van der Waals surface area contributed by atoms with Gasteiger partial charge in [0.1, 0.15) is 12.2 Å². The Hall–Kier alpha value is -3.92. The minimum Gasteiger partial charge on any atom is -0.360 e. The number of fused-ring (bicyclic) bond motifs is 1. The van der Waals surface area contributed by atoms with Gasteiger partial charge < -0.3 is 14.9 Å². The molecule has 0 spiro atoms. The van der Waals surface area contributed by atoms with E-state index in [0.29, 0.717) is 17.0 Å². The maximum Gasteiger partial charge on any atom is 0.275 e. The van der Waals surface area contributed by atoms with Crippen molar-refractivity contribution in [2.45, 2.75) is 25.8 Å². The zero-order valence-corrected chi connectivity index (χ0v) is 18.7. The van der Waals surface area contributed by atoms with E-state index < -0.39 is 15.6 Å². The smallest absolute Gasteiger partial charge is 0.275 e. The first-order valence-electron chi connectivity index (χ1n) is 10.2. The van der Waals surface area contributed by atoms with Crippen molar-refractivity contribution < 1.29 is 13.2 Å². The molecular formula is C23H23N5O4S. The molecule has 0 saturated heterocycles. The molecule has 9 nitrogen and oxygen atoms in total.